The van der Waals surface area contributed by atoms with Gasteiger partial charge in [-0.2, -0.15) is 16.8 Å². The van der Waals surface area contributed by atoms with E-state index in [0.29, 0.717) is 12.3 Å². The lowest BCUT2D eigenvalue weighted by molar-refractivity contribution is -0.0321. The van der Waals surface area contributed by atoms with Crippen molar-refractivity contribution in [2.24, 2.45) is 17.8 Å². The highest BCUT2D eigenvalue weighted by Gasteiger charge is 2.45. The Morgan fingerprint density at radius 2 is 1.32 bits per heavy atom. The van der Waals surface area contributed by atoms with Gasteiger partial charge in [-0.05, 0) is 81.5 Å². The van der Waals surface area contributed by atoms with E-state index >= 15 is 0 Å². The molecule has 0 amide bonds. The van der Waals surface area contributed by atoms with Crippen LogP contribution in [0.4, 0.5) is 0 Å². The second-order valence-electron chi connectivity index (χ2n) is 8.79. The first-order valence-electron chi connectivity index (χ1n) is 10.6. The van der Waals surface area contributed by atoms with Crippen LogP contribution in [0.25, 0.3) is 0 Å². The zero-order valence-corrected chi connectivity index (χ0v) is 19.4. The summed E-state index contributed by atoms with van der Waals surface area (Å²) < 4.78 is 61.7. The van der Waals surface area contributed by atoms with Gasteiger partial charge in [-0.25, -0.2) is 0 Å². The number of fused-ring (bicyclic) bond motifs is 3. The maximum absolute atomic E-state index is 12.8. The van der Waals surface area contributed by atoms with Crippen LogP contribution in [-0.4, -0.2) is 29.5 Å². The van der Waals surface area contributed by atoms with Crippen molar-refractivity contribution in [1.29, 1.82) is 0 Å². The molecule has 8 heteroatoms. The van der Waals surface area contributed by atoms with Crippen LogP contribution in [0.3, 0.4) is 0 Å². The monoisotopic (exact) mass is 464 g/mol. The molecule has 4 atom stereocenters. The van der Waals surface area contributed by atoms with Crippen LogP contribution in [0.2, 0.25) is 0 Å². The van der Waals surface area contributed by atoms with Gasteiger partial charge in [-0.1, -0.05) is 35.4 Å². The Bertz CT molecular complexity index is 1120. The SMILES string of the molecule is Cc1ccc(S(=O)(=O)OC[C@@H]2CC3CCC2[C@H](OS(=O)(=O)c2ccc(C)cc2)C3)cc1. The molecule has 2 bridgehead atoms. The van der Waals surface area contributed by atoms with Crippen molar-refractivity contribution in [3.8, 4) is 0 Å². The topological polar surface area (TPSA) is 86.7 Å². The predicted molar refractivity (Wildman–Crippen MR) is 116 cm³/mol. The van der Waals surface area contributed by atoms with Gasteiger partial charge in [0.25, 0.3) is 20.2 Å². The van der Waals surface area contributed by atoms with Crippen LogP contribution in [0, 0.1) is 31.6 Å². The first-order chi connectivity index (χ1) is 14.6. The minimum absolute atomic E-state index is 0.0431. The lowest BCUT2D eigenvalue weighted by Crippen LogP contribution is -2.45. The lowest BCUT2D eigenvalue weighted by atomic mass is 9.63. The summed E-state index contributed by atoms with van der Waals surface area (Å²) in [6, 6.07) is 13.2. The molecule has 0 N–H and O–H groups in total. The fraction of sp³-hybridized carbons (Fsp3) is 0.478. The summed E-state index contributed by atoms with van der Waals surface area (Å²) >= 11 is 0. The molecule has 0 aliphatic heterocycles. The van der Waals surface area contributed by atoms with Gasteiger partial charge in [0, 0.05) is 0 Å². The molecule has 3 saturated carbocycles. The summed E-state index contributed by atoms with van der Waals surface area (Å²) in [5.74, 6) is 0.225. The molecular formula is C23H28O6S2. The van der Waals surface area contributed by atoms with Gasteiger partial charge in [0.2, 0.25) is 0 Å². The van der Waals surface area contributed by atoms with Crippen molar-refractivity contribution in [2.45, 2.75) is 55.4 Å². The van der Waals surface area contributed by atoms with E-state index in [1.54, 1.807) is 36.4 Å². The second-order valence-corrected chi connectivity index (χ2v) is 12.0. The molecule has 3 fully saturated rings. The number of benzene rings is 2. The van der Waals surface area contributed by atoms with Crippen LogP contribution >= 0.6 is 0 Å². The van der Waals surface area contributed by atoms with Crippen molar-refractivity contribution in [2.75, 3.05) is 6.61 Å². The Hall–Kier alpha value is -1.74. The van der Waals surface area contributed by atoms with E-state index in [4.69, 9.17) is 8.37 Å². The first-order valence-corrected chi connectivity index (χ1v) is 13.4. The van der Waals surface area contributed by atoms with Gasteiger partial charge >= 0.3 is 0 Å². The summed E-state index contributed by atoms with van der Waals surface area (Å²) in [4.78, 5) is 0.281. The molecule has 0 saturated heterocycles. The van der Waals surface area contributed by atoms with E-state index in [-0.39, 0.29) is 28.2 Å². The molecule has 168 valence electrons. The Balaban J connectivity index is 1.45. The third-order valence-corrected chi connectivity index (χ3v) is 9.15. The zero-order chi connectivity index (χ0) is 22.2. The number of hydrogen-bond acceptors (Lipinski definition) is 6. The molecule has 3 aliphatic rings. The summed E-state index contributed by atoms with van der Waals surface area (Å²) in [6.45, 7) is 3.83. The average Bonchev–Trinajstić information content (AvgIpc) is 2.73. The minimum atomic E-state index is -3.87. The molecule has 3 aliphatic carbocycles. The number of hydrogen-bond donors (Lipinski definition) is 0. The van der Waals surface area contributed by atoms with E-state index in [9.17, 15) is 16.8 Å². The summed E-state index contributed by atoms with van der Waals surface area (Å²) in [6.07, 6.45) is 2.89. The van der Waals surface area contributed by atoms with Gasteiger partial charge in [-0.3, -0.25) is 8.37 Å². The second kappa shape index (κ2) is 8.65. The lowest BCUT2D eigenvalue weighted by Gasteiger charge is -2.46. The standard InChI is InChI=1S/C23H28O6S2/c1-16-3-8-20(9-4-16)30(24,25)28-15-19-13-18-7-12-22(19)23(14-18)29-31(26,27)21-10-5-17(2)6-11-21/h3-6,8-11,18-19,22-23H,7,12-15H2,1-2H3/t18?,19-,22?,23+/m0/s1. The summed E-state index contributed by atoms with van der Waals surface area (Å²) in [5.41, 5.74) is 1.95. The van der Waals surface area contributed by atoms with E-state index in [1.807, 2.05) is 13.8 Å². The van der Waals surface area contributed by atoms with E-state index < -0.39 is 26.3 Å². The van der Waals surface area contributed by atoms with Crippen molar-refractivity contribution in [3.05, 3.63) is 59.7 Å². The fourth-order valence-electron chi connectivity index (χ4n) is 4.77. The van der Waals surface area contributed by atoms with Crippen LogP contribution in [0.5, 0.6) is 0 Å². The Kier molecular flexibility index (Phi) is 6.27. The highest BCUT2D eigenvalue weighted by atomic mass is 32.2. The Labute approximate surface area is 184 Å². The van der Waals surface area contributed by atoms with Gasteiger partial charge < -0.3 is 0 Å². The van der Waals surface area contributed by atoms with Gasteiger partial charge in [-0.15, -0.1) is 0 Å². The fourth-order valence-corrected chi connectivity index (χ4v) is 6.85. The van der Waals surface area contributed by atoms with Crippen LogP contribution in [0.15, 0.2) is 58.3 Å². The van der Waals surface area contributed by atoms with Crippen LogP contribution < -0.4 is 0 Å². The van der Waals surface area contributed by atoms with Crippen molar-refractivity contribution in [1.82, 2.24) is 0 Å². The molecule has 2 aromatic carbocycles. The molecule has 0 aromatic heterocycles. The van der Waals surface area contributed by atoms with E-state index in [2.05, 4.69) is 0 Å². The maximum atomic E-state index is 12.8. The van der Waals surface area contributed by atoms with Crippen molar-refractivity contribution in [3.63, 3.8) is 0 Å². The first kappa shape index (κ1) is 22.5. The largest absolute Gasteiger partial charge is 0.297 e. The normalized spacial score (nSPS) is 26.1. The van der Waals surface area contributed by atoms with Gasteiger partial charge in [0.1, 0.15) is 0 Å². The molecular weight excluding hydrogens is 436 g/mol. The third kappa shape index (κ3) is 5.03. The molecule has 5 rings (SSSR count). The molecule has 31 heavy (non-hydrogen) atoms. The molecule has 2 unspecified atom stereocenters. The zero-order valence-electron chi connectivity index (χ0n) is 17.7. The van der Waals surface area contributed by atoms with Crippen LogP contribution in [0.1, 0.15) is 36.8 Å². The quantitative estimate of drug-likeness (QED) is 0.570. The number of aryl methyl sites for hydroxylation is 2. The minimum Gasteiger partial charge on any atom is -0.266 e. The average molecular weight is 465 g/mol. The Morgan fingerprint density at radius 1 is 0.774 bits per heavy atom. The highest BCUT2D eigenvalue weighted by Crippen LogP contribution is 2.47. The van der Waals surface area contributed by atoms with Gasteiger partial charge in [0.05, 0.1) is 22.5 Å². The molecule has 0 radical (unpaired) electrons. The molecule has 2 aromatic rings. The summed E-state index contributed by atoms with van der Waals surface area (Å²) in [7, 11) is -7.72. The number of rotatable bonds is 7. The third-order valence-electron chi connectivity index (χ3n) is 6.50. The van der Waals surface area contributed by atoms with E-state index in [1.165, 1.54) is 12.1 Å². The van der Waals surface area contributed by atoms with Crippen molar-refractivity contribution >= 4 is 20.2 Å². The molecule has 0 heterocycles. The Morgan fingerprint density at radius 3 is 1.87 bits per heavy atom. The molecule has 0 spiro atoms. The van der Waals surface area contributed by atoms with E-state index in [0.717, 1.165) is 30.4 Å². The smallest absolute Gasteiger partial charge is 0.266 e. The molecule has 6 nitrogen and oxygen atoms in total. The van der Waals surface area contributed by atoms with Gasteiger partial charge in [0.15, 0.2) is 0 Å². The summed E-state index contributed by atoms with van der Waals surface area (Å²) in [5, 5.41) is 0. The highest BCUT2D eigenvalue weighted by molar-refractivity contribution is 7.87. The van der Waals surface area contributed by atoms with Crippen LogP contribution in [-0.2, 0) is 28.6 Å². The predicted octanol–water partition coefficient (Wildman–Crippen LogP) is 4.22. The van der Waals surface area contributed by atoms with Crippen molar-refractivity contribution < 1.29 is 25.2 Å². The maximum Gasteiger partial charge on any atom is 0.297 e.